The molecule has 2 rings (SSSR count). The van der Waals surface area contributed by atoms with E-state index in [0.717, 1.165) is 11.3 Å². The lowest BCUT2D eigenvalue weighted by molar-refractivity contribution is 0.866. The van der Waals surface area contributed by atoms with Gasteiger partial charge in [-0.05, 0) is 41.9 Å². The molecule has 0 aliphatic carbocycles. The summed E-state index contributed by atoms with van der Waals surface area (Å²) in [7, 11) is 0. The van der Waals surface area contributed by atoms with Crippen LogP contribution in [0.25, 0.3) is 0 Å². The smallest absolute Gasteiger partial charge is 0.191 e. The van der Waals surface area contributed by atoms with Crippen molar-refractivity contribution >= 4 is 29.2 Å². The van der Waals surface area contributed by atoms with Crippen LogP contribution < -0.4 is 10.7 Å². The van der Waals surface area contributed by atoms with Crippen molar-refractivity contribution in [3.8, 4) is 0 Å². The second kappa shape index (κ2) is 6.95. The second-order valence-electron chi connectivity index (χ2n) is 4.93. The largest absolute Gasteiger partial charge is 0.374 e. The van der Waals surface area contributed by atoms with E-state index in [-0.39, 0.29) is 5.11 Å². The summed E-state index contributed by atoms with van der Waals surface area (Å²) in [6.45, 7) is 4.31. The number of hydrogen-bond acceptors (Lipinski definition) is 3. The van der Waals surface area contributed by atoms with Crippen molar-refractivity contribution in [2.45, 2.75) is 19.8 Å². The Morgan fingerprint density at radius 1 is 1.29 bits per heavy atom. The predicted octanol–water partition coefficient (Wildman–Crippen LogP) is 3.29. The summed E-state index contributed by atoms with van der Waals surface area (Å²) in [5.41, 5.74) is 8.75. The van der Waals surface area contributed by atoms with Crippen LogP contribution in [0.1, 0.15) is 30.9 Å². The molecule has 1 aromatic carbocycles. The molecular formula is C16H18N4S. The van der Waals surface area contributed by atoms with Crippen LogP contribution in [0, 0.1) is 0 Å². The third-order valence-corrected chi connectivity index (χ3v) is 3.19. The van der Waals surface area contributed by atoms with Crippen LogP contribution in [0.15, 0.2) is 53.9 Å². The molecule has 0 aliphatic rings. The Morgan fingerprint density at radius 3 is 2.52 bits per heavy atom. The Bertz CT molecular complexity index is 620. The third-order valence-electron chi connectivity index (χ3n) is 3.02. The molecule has 4 nitrogen and oxygen atoms in total. The number of anilines is 1. The highest BCUT2D eigenvalue weighted by atomic mass is 32.1. The van der Waals surface area contributed by atoms with Gasteiger partial charge in [0.15, 0.2) is 5.11 Å². The average molecular weight is 298 g/mol. The fraction of sp³-hybridized carbons (Fsp3) is 0.188. The highest BCUT2D eigenvalue weighted by Crippen LogP contribution is 2.20. The molecule has 21 heavy (non-hydrogen) atoms. The summed E-state index contributed by atoms with van der Waals surface area (Å²) in [6.07, 6.45) is 5.12. The molecule has 2 N–H and O–H groups in total. The minimum Gasteiger partial charge on any atom is -0.374 e. The first-order valence-electron chi connectivity index (χ1n) is 6.71. The Morgan fingerprint density at radius 2 is 2.00 bits per heavy atom. The van der Waals surface area contributed by atoms with E-state index < -0.39 is 0 Å². The van der Waals surface area contributed by atoms with Crippen molar-refractivity contribution in [2.75, 3.05) is 5.01 Å². The number of thiocarbonyl (C=S) groups is 1. The summed E-state index contributed by atoms with van der Waals surface area (Å²) < 4.78 is 0. The standard InChI is InChI=1S/C16H18N4S/c1-12(2)14-5-7-15(8-6-14)20(16(17)21)19-11-13-4-3-9-18-10-13/h3-12H,1-2H3,(H2,17,21)/b19-11-. The van der Waals surface area contributed by atoms with E-state index in [9.17, 15) is 0 Å². The lowest BCUT2D eigenvalue weighted by Gasteiger charge is -2.17. The lowest BCUT2D eigenvalue weighted by Crippen LogP contribution is -2.30. The lowest BCUT2D eigenvalue weighted by atomic mass is 10.0. The van der Waals surface area contributed by atoms with Gasteiger partial charge in [0.1, 0.15) is 0 Å². The van der Waals surface area contributed by atoms with E-state index in [4.69, 9.17) is 18.0 Å². The topological polar surface area (TPSA) is 54.5 Å². The molecule has 0 fully saturated rings. The summed E-state index contributed by atoms with van der Waals surface area (Å²) in [6, 6.07) is 11.8. The summed E-state index contributed by atoms with van der Waals surface area (Å²) in [5.74, 6) is 0.483. The first-order valence-corrected chi connectivity index (χ1v) is 7.12. The maximum absolute atomic E-state index is 5.76. The van der Waals surface area contributed by atoms with Crippen molar-refractivity contribution in [1.82, 2.24) is 4.98 Å². The van der Waals surface area contributed by atoms with Crippen LogP contribution in [0.3, 0.4) is 0 Å². The fourth-order valence-corrected chi connectivity index (χ4v) is 1.98. The molecule has 0 spiro atoms. The zero-order chi connectivity index (χ0) is 15.2. The summed E-state index contributed by atoms with van der Waals surface area (Å²) in [4.78, 5) is 4.04. The van der Waals surface area contributed by atoms with Crippen molar-refractivity contribution in [3.63, 3.8) is 0 Å². The van der Waals surface area contributed by atoms with Crippen molar-refractivity contribution in [2.24, 2.45) is 10.8 Å². The normalized spacial score (nSPS) is 11.0. The molecule has 108 valence electrons. The molecule has 0 atom stereocenters. The number of hydrogen-bond donors (Lipinski definition) is 1. The zero-order valence-corrected chi connectivity index (χ0v) is 12.9. The fourth-order valence-electron chi connectivity index (χ4n) is 1.83. The predicted molar refractivity (Wildman–Crippen MR) is 91.6 cm³/mol. The molecule has 0 unspecified atom stereocenters. The number of aromatic nitrogens is 1. The van der Waals surface area contributed by atoms with Crippen LogP contribution >= 0.6 is 12.2 Å². The van der Waals surface area contributed by atoms with Gasteiger partial charge in [0, 0.05) is 18.0 Å². The van der Waals surface area contributed by atoms with E-state index >= 15 is 0 Å². The number of nitrogens with zero attached hydrogens (tertiary/aromatic N) is 3. The third kappa shape index (κ3) is 4.10. The number of pyridine rings is 1. The van der Waals surface area contributed by atoms with E-state index in [0.29, 0.717) is 5.92 Å². The molecule has 1 aromatic heterocycles. The number of hydrazone groups is 1. The molecular weight excluding hydrogens is 280 g/mol. The van der Waals surface area contributed by atoms with Gasteiger partial charge in [0.05, 0.1) is 11.9 Å². The van der Waals surface area contributed by atoms with Crippen LogP contribution in [-0.2, 0) is 0 Å². The Hall–Kier alpha value is -2.27. The monoisotopic (exact) mass is 298 g/mol. The average Bonchev–Trinajstić information content (AvgIpc) is 2.48. The zero-order valence-electron chi connectivity index (χ0n) is 12.1. The molecule has 0 saturated carbocycles. The van der Waals surface area contributed by atoms with Gasteiger partial charge < -0.3 is 5.73 Å². The van der Waals surface area contributed by atoms with E-state index in [1.807, 2.05) is 24.3 Å². The first-order chi connectivity index (χ1) is 10.1. The summed E-state index contributed by atoms with van der Waals surface area (Å²) >= 11 is 5.07. The van der Waals surface area contributed by atoms with Gasteiger partial charge in [-0.15, -0.1) is 0 Å². The maximum Gasteiger partial charge on any atom is 0.191 e. The van der Waals surface area contributed by atoms with Crippen LogP contribution in [0.5, 0.6) is 0 Å². The second-order valence-corrected chi connectivity index (χ2v) is 5.35. The van der Waals surface area contributed by atoms with Gasteiger partial charge in [-0.1, -0.05) is 32.0 Å². The molecule has 0 amide bonds. The number of rotatable bonds is 4. The van der Waals surface area contributed by atoms with Crippen LogP contribution in [0.4, 0.5) is 5.69 Å². The number of nitrogens with two attached hydrogens (primary N) is 1. The molecule has 5 heteroatoms. The molecule has 0 saturated heterocycles. The van der Waals surface area contributed by atoms with Gasteiger partial charge in [-0.3, -0.25) is 4.98 Å². The van der Waals surface area contributed by atoms with Crippen LogP contribution in [0.2, 0.25) is 0 Å². The quantitative estimate of drug-likeness (QED) is 0.534. The van der Waals surface area contributed by atoms with Gasteiger partial charge in [0.25, 0.3) is 0 Å². The van der Waals surface area contributed by atoms with Crippen molar-refractivity contribution in [3.05, 3.63) is 59.9 Å². The Balaban J connectivity index is 2.23. The molecule has 0 aliphatic heterocycles. The van der Waals surface area contributed by atoms with Gasteiger partial charge in [-0.25, -0.2) is 5.01 Å². The van der Waals surface area contributed by atoms with Crippen LogP contribution in [-0.4, -0.2) is 16.3 Å². The van der Waals surface area contributed by atoms with E-state index in [1.165, 1.54) is 10.6 Å². The highest BCUT2D eigenvalue weighted by molar-refractivity contribution is 7.80. The molecule has 1 heterocycles. The molecule has 2 aromatic rings. The highest BCUT2D eigenvalue weighted by Gasteiger charge is 2.08. The van der Waals surface area contributed by atoms with Gasteiger partial charge in [0.2, 0.25) is 0 Å². The Kier molecular flexibility index (Phi) is 5.00. The van der Waals surface area contributed by atoms with Crippen molar-refractivity contribution in [1.29, 1.82) is 0 Å². The SMILES string of the molecule is CC(C)c1ccc(N(/N=C\c2cccnc2)C(N)=S)cc1. The summed E-state index contributed by atoms with van der Waals surface area (Å²) in [5, 5.41) is 6.08. The van der Waals surface area contributed by atoms with E-state index in [2.05, 4.69) is 36.1 Å². The molecule has 0 radical (unpaired) electrons. The Labute approximate surface area is 130 Å². The maximum atomic E-state index is 5.76. The van der Waals surface area contributed by atoms with Gasteiger partial charge >= 0.3 is 0 Å². The van der Waals surface area contributed by atoms with Gasteiger partial charge in [-0.2, -0.15) is 5.10 Å². The molecule has 0 bridgehead atoms. The first kappa shape index (κ1) is 15.1. The van der Waals surface area contributed by atoms with E-state index in [1.54, 1.807) is 18.6 Å². The van der Waals surface area contributed by atoms with Crippen molar-refractivity contribution < 1.29 is 0 Å². The minimum atomic E-state index is 0.201. The number of benzene rings is 1. The minimum absolute atomic E-state index is 0.201.